The van der Waals surface area contributed by atoms with E-state index in [0.717, 1.165) is 43.1 Å². The SMILES string of the molecule is CCCC1CCCN(C(=O)c2ccncc2NC)CC1. The van der Waals surface area contributed by atoms with Gasteiger partial charge in [-0.1, -0.05) is 19.8 Å². The van der Waals surface area contributed by atoms with E-state index in [1.54, 1.807) is 12.4 Å². The van der Waals surface area contributed by atoms with Crippen molar-refractivity contribution >= 4 is 11.6 Å². The van der Waals surface area contributed by atoms with Gasteiger partial charge >= 0.3 is 0 Å². The van der Waals surface area contributed by atoms with Crippen molar-refractivity contribution in [3.8, 4) is 0 Å². The molecule has 110 valence electrons. The largest absolute Gasteiger partial charge is 0.386 e. The molecule has 1 atom stereocenters. The first-order valence-corrected chi connectivity index (χ1v) is 7.67. The highest BCUT2D eigenvalue weighted by atomic mass is 16.2. The van der Waals surface area contributed by atoms with Gasteiger partial charge in [0.15, 0.2) is 0 Å². The third-order valence-corrected chi connectivity index (χ3v) is 4.15. The molecule has 2 rings (SSSR count). The Labute approximate surface area is 121 Å². The molecule has 1 saturated heterocycles. The van der Waals surface area contributed by atoms with E-state index in [1.165, 1.54) is 19.3 Å². The number of aromatic nitrogens is 1. The second-order valence-electron chi connectivity index (χ2n) is 5.55. The zero-order valence-electron chi connectivity index (χ0n) is 12.6. The molecule has 1 aromatic heterocycles. The van der Waals surface area contributed by atoms with Gasteiger partial charge in [-0.05, 0) is 31.2 Å². The molecule has 4 nitrogen and oxygen atoms in total. The molecule has 0 bridgehead atoms. The molecule has 1 N–H and O–H groups in total. The average Bonchev–Trinajstić information content (AvgIpc) is 2.72. The number of rotatable bonds is 4. The van der Waals surface area contributed by atoms with Crippen molar-refractivity contribution in [1.82, 2.24) is 9.88 Å². The third kappa shape index (κ3) is 3.50. The highest BCUT2D eigenvalue weighted by Crippen LogP contribution is 2.24. The van der Waals surface area contributed by atoms with E-state index >= 15 is 0 Å². The average molecular weight is 275 g/mol. The summed E-state index contributed by atoms with van der Waals surface area (Å²) in [4.78, 5) is 18.7. The summed E-state index contributed by atoms with van der Waals surface area (Å²) in [7, 11) is 1.83. The number of carbonyl (C=O) groups is 1. The second kappa shape index (κ2) is 7.27. The fourth-order valence-electron chi connectivity index (χ4n) is 3.02. The van der Waals surface area contributed by atoms with Crippen molar-refractivity contribution in [3.05, 3.63) is 24.0 Å². The molecule has 1 aliphatic rings. The number of carbonyl (C=O) groups excluding carboxylic acids is 1. The summed E-state index contributed by atoms with van der Waals surface area (Å²) in [6.45, 7) is 4.00. The van der Waals surface area contributed by atoms with Crippen LogP contribution in [-0.2, 0) is 0 Å². The maximum atomic E-state index is 12.7. The number of amides is 1. The fraction of sp³-hybridized carbons (Fsp3) is 0.625. The van der Waals surface area contributed by atoms with Gasteiger partial charge in [-0.3, -0.25) is 9.78 Å². The van der Waals surface area contributed by atoms with Crippen molar-refractivity contribution in [3.63, 3.8) is 0 Å². The lowest BCUT2D eigenvalue weighted by Gasteiger charge is -2.22. The number of anilines is 1. The summed E-state index contributed by atoms with van der Waals surface area (Å²) in [6, 6.07) is 1.81. The summed E-state index contributed by atoms with van der Waals surface area (Å²) in [6.07, 6.45) is 9.45. The lowest BCUT2D eigenvalue weighted by Crippen LogP contribution is -2.32. The Balaban J connectivity index is 2.05. The van der Waals surface area contributed by atoms with Crippen LogP contribution in [0.5, 0.6) is 0 Å². The van der Waals surface area contributed by atoms with Crippen molar-refractivity contribution in [2.24, 2.45) is 5.92 Å². The van der Waals surface area contributed by atoms with Crippen LogP contribution in [-0.4, -0.2) is 35.9 Å². The zero-order valence-corrected chi connectivity index (χ0v) is 12.6. The van der Waals surface area contributed by atoms with Crippen LogP contribution in [0.3, 0.4) is 0 Å². The minimum Gasteiger partial charge on any atom is -0.386 e. The molecule has 0 saturated carbocycles. The summed E-state index contributed by atoms with van der Waals surface area (Å²) in [5, 5.41) is 3.05. The number of likely N-dealkylation sites (tertiary alicyclic amines) is 1. The van der Waals surface area contributed by atoms with E-state index < -0.39 is 0 Å². The van der Waals surface area contributed by atoms with Crippen LogP contribution in [0, 0.1) is 5.92 Å². The Hall–Kier alpha value is -1.58. The standard InChI is InChI=1S/C16H25N3O/c1-3-5-13-6-4-10-19(11-8-13)16(20)14-7-9-18-12-15(14)17-2/h7,9,12-13,17H,3-6,8,10-11H2,1-2H3. The highest BCUT2D eigenvalue weighted by molar-refractivity contribution is 5.99. The van der Waals surface area contributed by atoms with Crippen LogP contribution < -0.4 is 5.32 Å². The second-order valence-corrected chi connectivity index (χ2v) is 5.55. The molecule has 0 radical (unpaired) electrons. The van der Waals surface area contributed by atoms with Crippen LogP contribution in [0.1, 0.15) is 49.4 Å². The Morgan fingerprint density at radius 1 is 1.45 bits per heavy atom. The van der Waals surface area contributed by atoms with Gasteiger partial charge in [0.05, 0.1) is 17.4 Å². The van der Waals surface area contributed by atoms with Crippen LogP contribution in [0.2, 0.25) is 0 Å². The Bertz CT molecular complexity index is 447. The van der Waals surface area contributed by atoms with Gasteiger partial charge in [0.25, 0.3) is 5.91 Å². The van der Waals surface area contributed by atoms with Gasteiger partial charge in [-0.15, -0.1) is 0 Å². The van der Waals surface area contributed by atoms with Gasteiger partial charge in [0.2, 0.25) is 0 Å². The molecule has 4 heteroatoms. The molecule has 1 amide bonds. The Morgan fingerprint density at radius 2 is 2.30 bits per heavy atom. The Kier molecular flexibility index (Phi) is 5.39. The number of nitrogens with zero attached hydrogens (tertiary/aromatic N) is 2. The highest BCUT2D eigenvalue weighted by Gasteiger charge is 2.22. The number of pyridine rings is 1. The molecular weight excluding hydrogens is 250 g/mol. The monoisotopic (exact) mass is 275 g/mol. The van der Waals surface area contributed by atoms with Gasteiger partial charge in [-0.25, -0.2) is 0 Å². The Morgan fingerprint density at radius 3 is 3.05 bits per heavy atom. The van der Waals surface area contributed by atoms with E-state index in [2.05, 4.69) is 17.2 Å². The van der Waals surface area contributed by atoms with E-state index in [-0.39, 0.29) is 5.91 Å². The van der Waals surface area contributed by atoms with Crippen LogP contribution >= 0.6 is 0 Å². The number of hydrogen-bond acceptors (Lipinski definition) is 3. The molecule has 0 aliphatic carbocycles. The summed E-state index contributed by atoms with van der Waals surface area (Å²) < 4.78 is 0. The van der Waals surface area contributed by atoms with Crippen LogP contribution in [0.4, 0.5) is 5.69 Å². The van der Waals surface area contributed by atoms with Crippen molar-refractivity contribution in [1.29, 1.82) is 0 Å². The predicted molar refractivity (Wildman–Crippen MR) is 81.9 cm³/mol. The van der Waals surface area contributed by atoms with Crippen molar-refractivity contribution in [2.75, 3.05) is 25.5 Å². The molecular formula is C16H25N3O. The van der Waals surface area contributed by atoms with E-state index in [9.17, 15) is 4.79 Å². The first kappa shape index (κ1) is 14.8. The first-order chi connectivity index (χ1) is 9.76. The minimum absolute atomic E-state index is 0.133. The quantitative estimate of drug-likeness (QED) is 0.918. The molecule has 20 heavy (non-hydrogen) atoms. The molecule has 0 spiro atoms. The van der Waals surface area contributed by atoms with Gasteiger partial charge in [-0.2, -0.15) is 0 Å². The minimum atomic E-state index is 0.133. The fourth-order valence-corrected chi connectivity index (χ4v) is 3.02. The molecule has 1 fully saturated rings. The topological polar surface area (TPSA) is 45.2 Å². The molecule has 1 unspecified atom stereocenters. The maximum Gasteiger partial charge on any atom is 0.256 e. The van der Waals surface area contributed by atoms with Gasteiger partial charge in [0.1, 0.15) is 0 Å². The zero-order chi connectivity index (χ0) is 14.4. The molecule has 1 aliphatic heterocycles. The maximum absolute atomic E-state index is 12.7. The van der Waals surface area contributed by atoms with E-state index in [1.807, 2.05) is 18.0 Å². The smallest absolute Gasteiger partial charge is 0.256 e. The molecule has 0 aromatic carbocycles. The molecule has 1 aromatic rings. The van der Waals surface area contributed by atoms with Crippen LogP contribution in [0.25, 0.3) is 0 Å². The summed E-state index contributed by atoms with van der Waals surface area (Å²) in [5.74, 6) is 0.924. The van der Waals surface area contributed by atoms with Gasteiger partial charge < -0.3 is 10.2 Å². The lowest BCUT2D eigenvalue weighted by atomic mass is 9.96. The third-order valence-electron chi connectivity index (χ3n) is 4.15. The number of hydrogen-bond donors (Lipinski definition) is 1. The van der Waals surface area contributed by atoms with Crippen molar-refractivity contribution in [2.45, 2.75) is 39.0 Å². The van der Waals surface area contributed by atoms with Gasteiger partial charge in [0, 0.05) is 26.3 Å². The van der Waals surface area contributed by atoms with Crippen LogP contribution in [0.15, 0.2) is 18.5 Å². The summed E-state index contributed by atoms with van der Waals surface area (Å²) >= 11 is 0. The lowest BCUT2D eigenvalue weighted by molar-refractivity contribution is 0.0760. The first-order valence-electron chi connectivity index (χ1n) is 7.67. The van der Waals surface area contributed by atoms with Crippen molar-refractivity contribution < 1.29 is 4.79 Å². The number of nitrogens with one attached hydrogen (secondary N) is 1. The normalized spacial score (nSPS) is 19.5. The summed E-state index contributed by atoms with van der Waals surface area (Å²) in [5.41, 5.74) is 1.54. The van der Waals surface area contributed by atoms with E-state index in [0.29, 0.717) is 0 Å². The molecule has 2 heterocycles. The van der Waals surface area contributed by atoms with E-state index in [4.69, 9.17) is 0 Å². The predicted octanol–water partition coefficient (Wildman–Crippen LogP) is 3.17.